The Morgan fingerprint density at radius 3 is 2.77 bits per heavy atom. The second kappa shape index (κ2) is 5.98. The Labute approximate surface area is 126 Å². The Morgan fingerprint density at radius 2 is 2.09 bits per heavy atom. The summed E-state index contributed by atoms with van der Waals surface area (Å²) in [7, 11) is 0. The summed E-state index contributed by atoms with van der Waals surface area (Å²) in [4.78, 5) is 23.0. The van der Waals surface area contributed by atoms with Gasteiger partial charge in [0.15, 0.2) is 6.10 Å². The van der Waals surface area contributed by atoms with E-state index in [0.29, 0.717) is 18.5 Å². The number of hydrogen-bond donors (Lipinski definition) is 3. The smallest absolute Gasteiger partial charge is 0.332 e. The standard InChI is InChI=1S/C15H15N3O4/c19-14(12-4-5-13(22-12)15(20)21)17-10-3-1-2-9(8-10)11-6-7-16-18-11/h1-3,6-8,12-13H,4-5H2,(H,16,18)(H,17,19)(H,20,21)/t12-,13+/m0/s1. The summed E-state index contributed by atoms with van der Waals surface area (Å²) < 4.78 is 5.23. The van der Waals surface area contributed by atoms with Crippen molar-refractivity contribution >= 4 is 17.6 Å². The molecule has 0 saturated carbocycles. The van der Waals surface area contributed by atoms with Crippen molar-refractivity contribution in [3.8, 4) is 11.3 Å². The van der Waals surface area contributed by atoms with Gasteiger partial charge in [-0.1, -0.05) is 12.1 Å². The number of H-pyrrole nitrogens is 1. The van der Waals surface area contributed by atoms with Gasteiger partial charge in [0.25, 0.3) is 5.91 Å². The van der Waals surface area contributed by atoms with E-state index in [-0.39, 0.29) is 5.91 Å². The van der Waals surface area contributed by atoms with E-state index in [1.165, 1.54) is 0 Å². The van der Waals surface area contributed by atoms with Crippen LogP contribution in [0.3, 0.4) is 0 Å². The van der Waals surface area contributed by atoms with Crippen LogP contribution in [0.25, 0.3) is 11.3 Å². The molecule has 1 aliphatic heterocycles. The summed E-state index contributed by atoms with van der Waals surface area (Å²) in [5.41, 5.74) is 2.37. The van der Waals surface area contributed by atoms with Gasteiger partial charge in [-0.3, -0.25) is 9.89 Å². The summed E-state index contributed by atoms with van der Waals surface area (Å²) in [5, 5.41) is 18.4. The molecular formula is C15H15N3O4. The lowest BCUT2D eigenvalue weighted by Gasteiger charge is -2.12. The number of amides is 1. The topological polar surface area (TPSA) is 104 Å². The van der Waals surface area contributed by atoms with Crippen molar-refractivity contribution < 1.29 is 19.4 Å². The third-order valence-electron chi connectivity index (χ3n) is 3.53. The SMILES string of the molecule is O=C(Nc1cccc(-c2ccn[nH]2)c1)[C@@H]1CC[C@H](C(=O)O)O1. The molecular weight excluding hydrogens is 286 g/mol. The number of anilines is 1. The lowest BCUT2D eigenvalue weighted by atomic mass is 10.1. The Kier molecular flexibility index (Phi) is 3.88. The van der Waals surface area contributed by atoms with Crippen LogP contribution in [0.2, 0.25) is 0 Å². The molecule has 3 N–H and O–H groups in total. The van der Waals surface area contributed by atoms with Crippen LogP contribution >= 0.6 is 0 Å². The fraction of sp³-hybridized carbons (Fsp3) is 0.267. The first-order valence-electron chi connectivity index (χ1n) is 6.92. The number of aliphatic carboxylic acids is 1. The van der Waals surface area contributed by atoms with Crippen molar-refractivity contribution in [2.75, 3.05) is 5.32 Å². The Balaban J connectivity index is 1.67. The first-order chi connectivity index (χ1) is 10.6. The minimum absolute atomic E-state index is 0.328. The van der Waals surface area contributed by atoms with E-state index in [9.17, 15) is 9.59 Å². The van der Waals surface area contributed by atoms with Crippen LogP contribution < -0.4 is 5.32 Å². The maximum Gasteiger partial charge on any atom is 0.332 e. The minimum atomic E-state index is -1.03. The molecule has 1 aliphatic rings. The number of nitrogens with one attached hydrogen (secondary N) is 2. The highest BCUT2D eigenvalue weighted by Gasteiger charge is 2.34. The second-order valence-electron chi connectivity index (χ2n) is 5.07. The Morgan fingerprint density at radius 1 is 1.27 bits per heavy atom. The Bertz CT molecular complexity index is 684. The van der Waals surface area contributed by atoms with E-state index in [2.05, 4.69) is 15.5 Å². The van der Waals surface area contributed by atoms with Crippen LogP contribution in [-0.2, 0) is 14.3 Å². The first-order valence-corrected chi connectivity index (χ1v) is 6.92. The van der Waals surface area contributed by atoms with E-state index in [4.69, 9.17) is 9.84 Å². The fourth-order valence-corrected chi connectivity index (χ4v) is 2.42. The van der Waals surface area contributed by atoms with Crippen molar-refractivity contribution in [3.05, 3.63) is 36.5 Å². The highest BCUT2D eigenvalue weighted by atomic mass is 16.5. The zero-order valence-electron chi connectivity index (χ0n) is 11.7. The predicted molar refractivity (Wildman–Crippen MR) is 78.2 cm³/mol. The number of nitrogens with zero attached hydrogens (tertiary/aromatic N) is 1. The number of hydrogen-bond acceptors (Lipinski definition) is 4. The maximum atomic E-state index is 12.1. The summed E-state index contributed by atoms with van der Waals surface area (Å²) >= 11 is 0. The first kappa shape index (κ1) is 14.3. The molecule has 0 spiro atoms. The van der Waals surface area contributed by atoms with Crippen molar-refractivity contribution in [2.45, 2.75) is 25.0 Å². The number of aromatic amines is 1. The van der Waals surface area contributed by atoms with Gasteiger partial charge in [0, 0.05) is 17.4 Å². The monoisotopic (exact) mass is 301 g/mol. The number of carboxylic acids is 1. The van der Waals surface area contributed by atoms with E-state index in [0.717, 1.165) is 11.3 Å². The normalized spacial score (nSPS) is 20.7. The van der Waals surface area contributed by atoms with Crippen molar-refractivity contribution in [1.29, 1.82) is 0 Å². The molecule has 1 aromatic heterocycles. The van der Waals surface area contributed by atoms with Crippen LogP contribution in [0.5, 0.6) is 0 Å². The number of aromatic nitrogens is 2. The van der Waals surface area contributed by atoms with E-state index in [1.54, 1.807) is 12.3 Å². The zero-order valence-corrected chi connectivity index (χ0v) is 11.7. The molecule has 1 aromatic carbocycles. The lowest BCUT2D eigenvalue weighted by Crippen LogP contribution is -2.29. The van der Waals surface area contributed by atoms with Crippen molar-refractivity contribution in [1.82, 2.24) is 10.2 Å². The van der Waals surface area contributed by atoms with E-state index >= 15 is 0 Å². The molecule has 7 heteroatoms. The van der Waals surface area contributed by atoms with Crippen LogP contribution in [0.1, 0.15) is 12.8 Å². The highest BCUT2D eigenvalue weighted by Crippen LogP contribution is 2.23. The third kappa shape index (κ3) is 2.99. The van der Waals surface area contributed by atoms with E-state index < -0.39 is 18.2 Å². The van der Waals surface area contributed by atoms with Crippen LogP contribution in [0.15, 0.2) is 36.5 Å². The predicted octanol–water partition coefficient (Wildman–Crippen LogP) is 1.65. The average Bonchev–Trinajstić information content (AvgIpc) is 3.19. The molecule has 0 unspecified atom stereocenters. The largest absolute Gasteiger partial charge is 0.479 e. The molecule has 3 rings (SSSR count). The number of benzene rings is 1. The van der Waals surface area contributed by atoms with Gasteiger partial charge < -0.3 is 15.2 Å². The quantitative estimate of drug-likeness (QED) is 0.796. The minimum Gasteiger partial charge on any atom is -0.479 e. The average molecular weight is 301 g/mol. The number of carbonyl (C=O) groups excluding carboxylic acids is 1. The molecule has 22 heavy (non-hydrogen) atoms. The Hall–Kier alpha value is -2.67. The van der Waals surface area contributed by atoms with Gasteiger partial charge in [0.2, 0.25) is 0 Å². The number of carbonyl (C=O) groups is 2. The molecule has 0 radical (unpaired) electrons. The molecule has 0 bridgehead atoms. The molecule has 1 saturated heterocycles. The van der Waals surface area contributed by atoms with Crippen LogP contribution in [0.4, 0.5) is 5.69 Å². The summed E-state index contributed by atoms with van der Waals surface area (Å²) in [6.07, 6.45) is 0.785. The number of rotatable bonds is 4. The van der Waals surface area contributed by atoms with Gasteiger partial charge >= 0.3 is 5.97 Å². The third-order valence-corrected chi connectivity index (χ3v) is 3.53. The lowest BCUT2D eigenvalue weighted by molar-refractivity contribution is -0.150. The van der Waals surface area contributed by atoms with E-state index in [1.807, 2.05) is 24.3 Å². The number of carboxylic acid groups (broad SMARTS) is 1. The molecule has 2 aromatic rings. The summed E-state index contributed by atoms with van der Waals surface area (Å²) in [6, 6.07) is 9.13. The number of ether oxygens (including phenoxy) is 1. The van der Waals surface area contributed by atoms with Gasteiger partial charge in [-0.25, -0.2) is 4.79 Å². The van der Waals surface area contributed by atoms with Gasteiger partial charge in [-0.15, -0.1) is 0 Å². The summed E-state index contributed by atoms with van der Waals surface area (Å²) in [6.45, 7) is 0. The van der Waals surface area contributed by atoms with Gasteiger partial charge in [0.05, 0.1) is 5.69 Å². The summed E-state index contributed by atoms with van der Waals surface area (Å²) in [5.74, 6) is -1.36. The molecule has 1 fully saturated rings. The molecule has 1 amide bonds. The van der Waals surface area contributed by atoms with Gasteiger partial charge in [-0.2, -0.15) is 5.10 Å². The molecule has 2 heterocycles. The van der Waals surface area contributed by atoms with Crippen molar-refractivity contribution in [3.63, 3.8) is 0 Å². The van der Waals surface area contributed by atoms with Crippen LogP contribution in [0, 0.1) is 0 Å². The molecule has 0 aliphatic carbocycles. The van der Waals surface area contributed by atoms with Crippen molar-refractivity contribution in [2.24, 2.45) is 0 Å². The maximum absolute atomic E-state index is 12.1. The molecule has 2 atom stereocenters. The molecule has 7 nitrogen and oxygen atoms in total. The van der Waals surface area contributed by atoms with Crippen LogP contribution in [-0.4, -0.2) is 39.4 Å². The zero-order chi connectivity index (χ0) is 15.5. The van der Waals surface area contributed by atoms with Gasteiger partial charge in [0.1, 0.15) is 6.10 Å². The highest BCUT2D eigenvalue weighted by molar-refractivity contribution is 5.95. The second-order valence-corrected chi connectivity index (χ2v) is 5.07. The van der Waals surface area contributed by atoms with Gasteiger partial charge in [-0.05, 0) is 31.0 Å². The fourth-order valence-electron chi connectivity index (χ4n) is 2.42. The molecule has 114 valence electrons.